The maximum absolute atomic E-state index is 11.0. The Balaban J connectivity index is 1.91. The smallest absolute Gasteiger partial charge is 0.306 e. The summed E-state index contributed by atoms with van der Waals surface area (Å²) >= 11 is 1.64. The molecule has 2 rings (SSSR count). The van der Waals surface area contributed by atoms with Gasteiger partial charge in [-0.2, -0.15) is 11.8 Å². The second-order valence-electron chi connectivity index (χ2n) is 4.07. The van der Waals surface area contributed by atoms with Crippen molar-refractivity contribution in [2.75, 3.05) is 31.8 Å². The molecular weight excluding hydrogens is 266 g/mol. The molecule has 0 saturated carbocycles. The maximum Gasteiger partial charge on any atom is 0.306 e. The van der Waals surface area contributed by atoms with Gasteiger partial charge >= 0.3 is 5.97 Å². The number of fused-ring (bicyclic) bond motifs is 1. The minimum atomic E-state index is -0.192. The number of anilines is 1. The molecule has 0 atom stereocenters. The van der Waals surface area contributed by atoms with Crippen molar-refractivity contribution in [3.8, 4) is 11.5 Å². The van der Waals surface area contributed by atoms with Crippen LogP contribution >= 0.6 is 11.8 Å². The van der Waals surface area contributed by atoms with Gasteiger partial charge in [0.15, 0.2) is 11.5 Å². The molecule has 1 aliphatic heterocycles. The van der Waals surface area contributed by atoms with Gasteiger partial charge in [0.1, 0.15) is 13.2 Å². The van der Waals surface area contributed by atoms with Crippen LogP contribution < -0.4 is 15.2 Å². The molecule has 0 fully saturated rings. The van der Waals surface area contributed by atoms with Crippen molar-refractivity contribution >= 4 is 23.4 Å². The molecule has 0 spiro atoms. The zero-order chi connectivity index (χ0) is 13.7. The lowest BCUT2D eigenvalue weighted by atomic mass is 10.2. The van der Waals surface area contributed by atoms with E-state index < -0.39 is 0 Å². The Morgan fingerprint density at radius 3 is 2.74 bits per heavy atom. The van der Waals surface area contributed by atoms with Crippen molar-refractivity contribution in [2.45, 2.75) is 12.2 Å². The molecule has 0 saturated heterocycles. The van der Waals surface area contributed by atoms with Crippen LogP contribution in [-0.2, 0) is 15.3 Å². The number of rotatable bonds is 5. The summed E-state index contributed by atoms with van der Waals surface area (Å²) < 4.78 is 15.6. The molecular formula is C13H17NO4S. The number of esters is 1. The van der Waals surface area contributed by atoms with Crippen molar-refractivity contribution in [3.63, 3.8) is 0 Å². The van der Waals surface area contributed by atoms with E-state index in [-0.39, 0.29) is 5.97 Å². The molecule has 104 valence electrons. The molecule has 2 N–H and O–H groups in total. The van der Waals surface area contributed by atoms with Gasteiger partial charge in [0, 0.05) is 23.3 Å². The number of ether oxygens (including phenoxy) is 3. The first kappa shape index (κ1) is 13.9. The summed E-state index contributed by atoms with van der Waals surface area (Å²) in [6, 6.07) is 3.71. The summed E-state index contributed by atoms with van der Waals surface area (Å²) in [5.74, 6) is 2.69. The number of thioether (sulfide) groups is 1. The van der Waals surface area contributed by atoms with E-state index in [0.29, 0.717) is 36.8 Å². The minimum absolute atomic E-state index is 0.192. The molecule has 6 heteroatoms. The van der Waals surface area contributed by atoms with E-state index in [4.69, 9.17) is 15.2 Å². The van der Waals surface area contributed by atoms with Crippen LogP contribution in [0.25, 0.3) is 0 Å². The van der Waals surface area contributed by atoms with Gasteiger partial charge in [-0.25, -0.2) is 0 Å². The number of hydrogen-bond acceptors (Lipinski definition) is 6. The van der Waals surface area contributed by atoms with Crippen LogP contribution in [0.4, 0.5) is 5.69 Å². The van der Waals surface area contributed by atoms with Crippen LogP contribution in [0.5, 0.6) is 11.5 Å². The van der Waals surface area contributed by atoms with Crippen molar-refractivity contribution < 1.29 is 19.0 Å². The van der Waals surface area contributed by atoms with Crippen LogP contribution in [0.2, 0.25) is 0 Å². The molecule has 1 aromatic rings. The average Bonchev–Trinajstić information content (AvgIpc) is 2.43. The fourth-order valence-corrected chi connectivity index (χ4v) is 2.64. The van der Waals surface area contributed by atoms with Crippen LogP contribution in [0, 0.1) is 0 Å². The lowest BCUT2D eigenvalue weighted by molar-refractivity contribution is -0.140. The standard InChI is InChI=1S/C13H17NO4S/c1-16-13(15)2-5-19-8-9-6-11-12(7-10(9)14)18-4-3-17-11/h6-7H,2-5,8,14H2,1H3. The molecule has 0 amide bonds. The largest absolute Gasteiger partial charge is 0.486 e. The highest BCUT2D eigenvalue weighted by Crippen LogP contribution is 2.35. The third kappa shape index (κ3) is 3.70. The van der Waals surface area contributed by atoms with Gasteiger partial charge in [-0.3, -0.25) is 4.79 Å². The topological polar surface area (TPSA) is 70.8 Å². The van der Waals surface area contributed by atoms with E-state index >= 15 is 0 Å². The summed E-state index contributed by atoms with van der Waals surface area (Å²) in [6.45, 7) is 1.12. The van der Waals surface area contributed by atoms with Gasteiger partial charge in [-0.15, -0.1) is 0 Å². The second kappa shape index (κ2) is 6.56. The zero-order valence-electron chi connectivity index (χ0n) is 10.8. The summed E-state index contributed by atoms with van der Waals surface area (Å²) in [5.41, 5.74) is 7.66. The Hall–Kier alpha value is -1.56. The SMILES string of the molecule is COC(=O)CCSCc1cc2c(cc1N)OCCO2. The normalized spacial score (nSPS) is 13.1. The van der Waals surface area contributed by atoms with Gasteiger partial charge < -0.3 is 19.9 Å². The molecule has 0 aliphatic carbocycles. The Labute approximate surface area is 116 Å². The minimum Gasteiger partial charge on any atom is -0.486 e. The number of methoxy groups -OCH3 is 1. The van der Waals surface area contributed by atoms with E-state index in [9.17, 15) is 4.79 Å². The highest BCUT2D eigenvalue weighted by molar-refractivity contribution is 7.98. The third-order valence-electron chi connectivity index (χ3n) is 2.74. The fraction of sp³-hybridized carbons (Fsp3) is 0.462. The monoisotopic (exact) mass is 283 g/mol. The van der Waals surface area contributed by atoms with E-state index in [2.05, 4.69) is 4.74 Å². The Morgan fingerprint density at radius 2 is 2.05 bits per heavy atom. The van der Waals surface area contributed by atoms with Crippen LogP contribution in [0.15, 0.2) is 12.1 Å². The van der Waals surface area contributed by atoms with Crippen molar-refractivity contribution in [1.29, 1.82) is 0 Å². The maximum atomic E-state index is 11.0. The summed E-state index contributed by atoms with van der Waals surface area (Å²) in [7, 11) is 1.39. The predicted molar refractivity (Wildman–Crippen MR) is 74.6 cm³/mol. The number of nitrogen functional groups attached to an aromatic ring is 1. The number of nitrogens with two attached hydrogens (primary N) is 1. The lowest BCUT2D eigenvalue weighted by Crippen LogP contribution is -2.16. The summed E-state index contributed by atoms with van der Waals surface area (Å²) in [4.78, 5) is 11.0. The van der Waals surface area contributed by atoms with Crippen molar-refractivity contribution in [1.82, 2.24) is 0 Å². The van der Waals surface area contributed by atoms with E-state index in [1.54, 1.807) is 17.8 Å². The highest BCUT2D eigenvalue weighted by Gasteiger charge is 2.14. The molecule has 0 bridgehead atoms. The van der Waals surface area contributed by atoms with Crippen LogP contribution in [0.1, 0.15) is 12.0 Å². The first-order valence-electron chi connectivity index (χ1n) is 6.03. The Kier molecular flexibility index (Phi) is 4.79. The number of benzene rings is 1. The van der Waals surface area contributed by atoms with Gasteiger partial charge in [-0.05, 0) is 11.6 Å². The van der Waals surface area contributed by atoms with Gasteiger partial charge in [0.05, 0.1) is 13.5 Å². The summed E-state index contributed by atoms with van der Waals surface area (Å²) in [5, 5.41) is 0. The van der Waals surface area contributed by atoms with E-state index in [0.717, 1.165) is 17.1 Å². The quantitative estimate of drug-likeness (QED) is 0.505. The van der Waals surface area contributed by atoms with Crippen molar-refractivity contribution in [3.05, 3.63) is 17.7 Å². The van der Waals surface area contributed by atoms with Gasteiger partial charge in [0.2, 0.25) is 0 Å². The first-order chi connectivity index (χ1) is 9.20. The molecule has 19 heavy (non-hydrogen) atoms. The number of hydrogen-bond donors (Lipinski definition) is 1. The first-order valence-corrected chi connectivity index (χ1v) is 7.18. The highest BCUT2D eigenvalue weighted by atomic mass is 32.2. The predicted octanol–water partition coefficient (Wildman–Crippen LogP) is 1.84. The molecule has 5 nitrogen and oxygen atoms in total. The van der Waals surface area contributed by atoms with Crippen molar-refractivity contribution in [2.24, 2.45) is 0 Å². The zero-order valence-corrected chi connectivity index (χ0v) is 11.6. The van der Waals surface area contributed by atoms with Crippen LogP contribution in [0.3, 0.4) is 0 Å². The van der Waals surface area contributed by atoms with Crippen LogP contribution in [-0.4, -0.2) is 32.0 Å². The number of carbonyl (C=O) groups is 1. The molecule has 1 aromatic carbocycles. The van der Waals surface area contributed by atoms with Gasteiger partial charge in [0.25, 0.3) is 0 Å². The van der Waals surface area contributed by atoms with Gasteiger partial charge in [-0.1, -0.05) is 0 Å². The molecule has 1 aliphatic rings. The molecule has 1 heterocycles. The van der Waals surface area contributed by atoms with E-state index in [1.807, 2.05) is 6.07 Å². The third-order valence-corrected chi connectivity index (χ3v) is 3.75. The summed E-state index contributed by atoms with van der Waals surface area (Å²) in [6.07, 6.45) is 0.408. The molecule has 0 aromatic heterocycles. The Bertz CT molecular complexity index is 464. The average molecular weight is 283 g/mol. The number of carbonyl (C=O) groups excluding carboxylic acids is 1. The van der Waals surface area contributed by atoms with E-state index in [1.165, 1.54) is 7.11 Å². The fourth-order valence-electron chi connectivity index (χ4n) is 1.71. The Morgan fingerprint density at radius 1 is 1.37 bits per heavy atom. The lowest BCUT2D eigenvalue weighted by Gasteiger charge is -2.20. The second-order valence-corrected chi connectivity index (χ2v) is 5.18. The molecule has 0 radical (unpaired) electrons. The molecule has 0 unspecified atom stereocenters.